The van der Waals surface area contributed by atoms with Crippen LogP contribution in [0.2, 0.25) is 0 Å². The molecule has 42 heavy (non-hydrogen) atoms. The summed E-state index contributed by atoms with van der Waals surface area (Å²) in [7, 11) is 0. The van der Waals surface area contributed by atoms with Crippen molar-refractivity contribution in [2.24, 2.45) is 10.9 Å². The van der Waals surface area contributed by atoms with E-state index in [4.69, 9.17) is 5.26 Å². The summed E-state index contributed by atoms with van der Waals surface area (Å²) < 4.78 is 27.3. The van der Waals surface area contributed by atoms with Gasteiger partial charge in [0.05, 0.1) is 19.2 Å². The zero-order valence-corrected chi connectivity index (χ0v) is 22.2. The van der Waals surface area contributed by atoms with Gasteiger partial charge in [-0.15, -0.1) is 0 Å². The smallest absolute Gasteiger partial charge is 0.268 e. The number of halogens is 2. The zero-order chi connectivity index (χ0) is 30.4. The van der Waals surface area contributed by atoms with Crippen LogP contribution >= 0.6 is 0 Å². The molecule has 0 spiro atoms. The number of carbonyl (C=O) groups excluding carboxylic acids is 6. The number of nitrogens with one attached hydrogen (secondary N) is 3. The molecule has 0 aromatic heterocycles. The quantitative estimate of drug-likeness (QED) is 0.283. The summed E-state index contributed by atoms with van der Waals surface area (Å²) >= 11 is 0. The van der Waals surface area contributed by atoms with Crippen LogP contribution in [0.1, 0.15) is 19.3 Å². The Labute approximate surface area is 238 Å². The van der Waals surface area contributed by atoms with Gasteiger partial charge in [-0.2, -0.15) is 5.26 Å². The minimum absolute atomic E-state index is 0.00899. The van der Waals surface area contributed by atoms with Crippen molar-refractivity contribution >= 4 is 41.7 Å². The lowest BCUT2D eigenvalue weighted by molar-refractivity contribution is -0.137. The predicted octanol–water partition coefficient (Wildman–Crippen LogP) is -0.751. The van der Waals surface area contributed by atoms with Crippen LogP contribution in [-0.4, -0.2) is 95.6 Å². The second-order valence-electron chi connectivity index (χ2n) is 9.87. The van der Waals surface area contributed by atoms with E-state index in [9.17, 15) is 37.5 Å². The van der Waals surface area contributed by atoms with Gasteiger partial charge in [0.25, 0.3) is 17.7 Å². The number of nitrogens with zero attached hydrogens (tertiary/aromatic N) is 4. The first-order valence-corrected chi connectivity index (χ1v) is 13.1. The second kappa shape index (κ2) is 12.7. The number of rotatable bonds is 10. The summed E-state index contributed by atoms with van der Waals surface area (Å²) in [6.07, 6.45) is 8.95. The van der Waals surface area contributed by atoms with Gasteiger partial charge in [-0.3, -0.25) is 38.7 Å². The minimum atomic E-state index is -3.17. The molecule has 220 valence electrons. The van der Waals surface area contributed by atoms with E-state index in [0.29, 0.717) is 5.70 Å². The van der Waals surface area contributed by atoms with Crippen LogP contribution in [0.15, 0.2) is 52.7 Å². The van der Waals surface area contributed by atoms with Crippen molar-refractivity contribution in [2.45, 2.75) is 37.3 Å². The highest BCUT2D eigenvalue weighted by Gasteiger charge is 2.47. The molecule has 6 amide bonds. The molecule has 0 radical (unpaired) electrons. The fraction of sp³-hybridized carbons (Fsp3) is 0.407. The van der Waals surface area contributed by atoms with E-state index in [2.05, 4.69) is 20.9 Å². The number of alkyl halides is 2. The van der Waals surface area contributed by atoms with Crippen LogP contribution < -0.4 is 16.0 Å². The van der Waals surface area contributed by atoms with E-state index in [-0.39, 0.29) is 31.5 Å². The first kappa shape index (κ1) is 30.0. The molecule has 13 nitrogen and oxygen atoms in total. The van der Waals surface area contributed by atoms with Crippen LogP contribution in [0.25, 0.3) is 0 Å². The number of aliphatic imine (C=N–C) groups is 1. The summed E-state index contributed by atoms with van der Waals surface area (Å²) in [5.41, 5.74) is 0.611. The number of dihydropyridines is 1. The maximum absolute atomic E-state index is 13.7. The topological polar surface area (TPSA) is 181 Å². The van der Waals surface area contributed by atoms with Crippen LogP contribution in [0, 0.1) is 17.2 Å². The van der Waals surface area contributed by atoms with Gasteiger partial charge >= 0.3 is 0 Å². The fourth-order valence-corrected chi connectivity index (χ4v) is 4.84. The molecule has 1 aliphatic carbocycles. The number of fused-ring (bicyclic) bond motifs is 1. The molecule has 0 saturated carbocycles. The number of likely N-dealkylation sites (tertiary alicyclic amines) is 1. The van der Waals surface area contributed by atoms with E-state index < -0.39 is 78.9 Å². The van der Waals surface area contributed by atoms with Crippen molar-refractivity contribution in [1.82, 2.24) is 25.8 Å². The highest BCUT2D eigenvalue weighted by Crippen LogP contribution is 2.32. The Kier molecular flexibility index (Phi) is 9.04. The van der Waals surface area contributed by atoms with E-state index in [1.165, 1.54) is 12.3 Å². The third-order valence-corrected chi connectivity index (χ3v) is 6.94. The number of nitriles is 1. The summed E-state index contributed by atoms with van der Waals surface area (Å²) in [5.74, 6) is -7.05. The minimum Gasteiger partial charge on any atom is -0.354 e. The van der Waals surface area contributed by atoms with Crippen molar-refractivity contribution in [3.05, 3.63) is 47.7 Å². The molecule has 0 aromatic carbocycles. The molecule has 4 rings (SSSR count). The Morgan fingerprint density at radius 2 is 1.79 bits per heavy atom. The zero-order valence-electron chi connectivity index (χ0n) is 22.2. The molecule has 15 heteroatoms. The third-order valence-electron chi connectivity index (χ3n) is 6.94. The molecular formula is C27H27F2N7O6. The molecule has 4 aliphatic rings. The van der Waals surface area contributed by atoms with Crippen molar-refractivity contribution in [3.8, 4) is 6.07 Å². The number of hydrogen-bond acceptors (Lipinski definition) is 8. The van der Waals surface area contributed by atoms with Crippen molar-refractivity contribution < 1.29 is 37.5 Å². The number of carbonyl (C=O) groups is 6. The number of amides is 6. The van der Waals surface area contributed by atoms with Gasteiger partial charge in [0.1, 0.15) is 12.1 Å². The monoisotopic (exact) mass is 583 g/mol. The molecule has 3 aliphatic heterocycles. The molecule has 3 heterocycles. The average Bonchev–Trinajstić information content (AvgIpc) is 3.46. The van der Waals surface area contributed by atoms with E-state index in [0.717, 1.165) is 22.0 Å². The van der Waals surface area contributed by atoms with Gasteiger partial charge in [0, 0.05) is 67.9 Å². The standard InChI is InChI=1S/C27H27F2N7O6/c28-27(29)12-16(13-30)36(15-27)24(41)14-33-26(42)18-8-9-32-25-17(18)2-1-3-19(25)34-21(38)5-4-20(37)31-10-11-35-22(39)6-7-23(35)40/h1-3,6-9,16-17,25H,4-5,10-12,14-15H2,(H,31,37)(H,33,42)(H,34,38)/t16-,17?,25?/m0/s1. The lowest BCUT2D eigenvalue weighted by atomic mass is 9.84. The Hall–Kier alpha value is -5.00. The molecular weight excluding hydrogens is 556 g/mol. The lowest BCUT2D eigenvalue weighted by Crippen LogP contribution is -2.45. The van der Waals surface area contributed by atoms with Crippen molar-refractivity contribution in [2.75, 3.05) is 26.2 Å². The number of allylic oxidation sites excluding steroid dienone is 3. The molecule has 3 N–H and O–H groups in total. The largest absolute Gasteiger partial charge is 0.354 e. The molecule has 1 saturated heterocycles. The highest BCUT2D eigenvalue weighted by molar-refractivity contribution is 6.12. The molecule has 0 aromatic rings. The maximum Gasteiger partial charge on any atom is 0.268 e. The molecule has 0 bridgehead atoms. The summed E-state index contributed by atoms with van der Waals surface area (Å²) in [6, 6.07) is -0.262. The Morgan fingerprint density at radius 1 is 1.07 bits per heavy atom. The average molecular weight is 584 g/mol. The third kappa shape index (κ3) is 7.00. The Morgan fingerprint density at radius 3 is 2.50 bits per heavy atom. The van der Waals surface area contributed by atoms with Gasteiger partial charge in [0.2, 0.25) is 23.6 Å². The summed E-state index contributed by atoms with van der Waals surface area (Å²) in [4.78, 5) is 79.2. The summed E-state index contributed by atoms with van der Waals surface area (Å²) in [5, 5.41) is 16.8. The normalized spacial score (nSPS) is 23.6. The number of hydrogen-bond donors (Lipinski definition) is 3. The summed E-state index contributed by atoms with van der Waals surface area (Å²) in [6.45, 7) is -1.42. The first-order valence-electron chi connectivity index (χ1n) is 13.1. The SMILES string of the molecule is N#C[C@@H]1CC(F)(F)CN1C(=O)CNC(=O)C1=CC=NC2C(NC(=O)CCC(=O)NCCN3C(=O)C=CC3=O)=CC=CC12. The van der Waals surface area contributed by atoms with E-state index in [1.54, 1.807) is 24.3 Å². The predicted molar refractivity (Wildman–Crippen MR) is 141 cm³/mol. The van der Waals surface area contributed by atoms with Gasteiger partial charge in [-0.05, 0) is 12.2 Å². The Bertz CT molecular complexity index is 1380. The van der Waals surface area contributed by atoms with E-state index >= 15 is 0 Å². The van der Waals surface area contributed by atoms with Gasteiger partial charge in [-0.1, -0.05) is 12.2 Å². The van der Waals surface area contributed by atoms with Crippen LogP contribution in [0.5, 0.6) is 0 Å². The second-order valence-corrected chi connectivity index (χ2v) is 9.87. The van der Waals surface area contributed by atoms with Crippen LogP contribution in [-0.2, 0) is 28.8 Å². The van der Waals surface area contributed by atoms with Crippen molar-refractivity contribution in [3.63, 3.8) is 0 Å². The van der Waals surface area contributed by atoms with Gasteiger partial charge < -0.3 is 20.9 Å². The maximum atomic E-state index is 13.7. The fourth-order valence-electron chi connectivity index (χ4n) is 4.84. The molecule has 1 fully saturated rings. The highest BCUT2D eigenvalue weighted by atomic mass is 19.3. The molecule has 2 unspecified atom stereocenters. The van der Waals surface area contributed by atoms with Crippen LogP contribution in [0.3, 0.4) is 0 Å². The number of imide groups is 1. The van der Waals surface area contributed by atoms with E-state index in [1.807, 2.05) is 0 Å². The van der Waals surface area contributed by atoms with Crippen LogP contribution in [0.4, 0.5) is 8.78 Å². The van der Waals surface area contributed by atoms with Gasteiger partial charge in [0.15, 0.2) is 0 Å². The van der Waals surface area contributed by atoms with Gasteiger partial charge in [-0.25, -0.2) is 8.78 Å². The Balaban J connectivity index is 1.23. The molecule has 3 atom stereocenters. The van der Waals surface area contributed by atoms with Crippen molar-refractivity contribution in [1.29, 1.82) is 5.26 Å². The lowest BCUT2D eigenvalue weighted by Gasteiger charge is -2.30. The first-order chi connectivity index (χ1) is 20.0.